The molecule has 1 heterocycles. The van der Waals surface area contributed by atoms with Gasteiger partial charge in [0.1, 0.15) is 0 Å². The van der Waals surface area contributed by atoms with Crippen LogP contribution in [0.1, 0.15) is 12.0 Å². The predicted molar refractivity (Wildman–Crippen MR) is 67.3 cm³/mol. The molecule has 1 amide bonds. The molecule has 1 fully saturated rings. The second kappa shape index (κ2) is 4.37. The molecule has 1 unspecified atom stereocenters. The molecule has 1 aromatic carbocycles. The number of sulfone groups is 1. The third kappa shape index (κ3) is 2.39. The molecule has 6 heteroatoms. The summed E-state index contributed by atoms with van der Waals surface area (Å²) in [5.74, 6) is -0.184. The molecule has 1 aliphatic heterocycles. The third-order valence-corrected chi connectivity index (χ3v) is 4.11. The lowest BCUT2D eigenvalue weighted by atomic mass is 10.2. The van der Waals surface area contributed by atoms with Crippen molar-refractivity contribution in [3.8, 4) is 0 Å². The van der Waals surface area contributed by atoms with E-state index in [1.807, 2.05) is 0 Å². The van der Waals surface area contributed by atoms with Crippen LogP contribution in [0.4, 0.5) is 5.69 Å². The van der Waals surface area contributed by atoms with E-state index in [9.17, 15) is 18.3 Å². The van der Waals surface area contributed by atoms with E-state index < -0.39 is 15.9 Å². The quantitative estimate of drug-likeness (QED) is 0.848. The lowest BCUT2D eigenvalue weighted by molar-refractivity contribution is -0.117. The number of β-amino-alcohol motifs (C(OH)–C–C–N with tert-alkyl or cyclic N) is 1. The van der Waals surface area contributed by atoms with Gasteiger partial charge in [-0.15, -0.1) is 0 Å². The van der Waals surface area contributed by atoms with Crippen molar-refractivity contribution in [2.45, 2.75) is 24.3 Å². The topological polar surface area (TPSA) is 74.7 Å². The van der Waals surface area contributed by atoms with Crippen molar-refractivity contribution in [2.24, 2.45) is 0 Å². The summed E-state index contributed by atoms with van der Waals surface area (Å²) < 4.78 is 23.0. The Morgan fingerprint density at radius 3 is 2.56 bits per heavy atom. The van der Waals surface area contributed by atoms with E-state index in [1.54, 1.807) is 13.0 Å². The van der Waals surface area contributed by atoms with Gasteiger partial charge in [-0.1, -0.05) is 6.07 Å². The van der Waals surface area contributed by atoms with Crippen molar-refractivity contribution in [1.29, 1.82) is 0 Å². The second-order valence-corrected chi connectivity index (χ2v) is 6.60. The predicted octanol–water partition coefficient (Wildman–Crippen LogP) is 0.496. The zero-order valence-electron chi connectivity index (χ0n) is 10.3. The van der Waals surface area contributed by atoms with Crippen LogP contribution in [-0.2, 0) is 14.6 Å². The Labute approximate surface area is 106 Å². The van der Waals surface area contributed by atoms with E-state index >= 15 is 0 Å². The molecular weight excluding hydrogens is 254 g/mol. The monoisotopic (exact) mass is 269 g/mol. The number of amides is 1. The van der Waals surface area contributed by atoms with Gasteiger partial charge in [-0.3, -0.25) is 4.79 Å². The Kier molecular flexibility index (Phi) is 3.16. The van der Waals surface area contributed by atoms with Crippen molar-refractivity contribution >= 4 is 21.4 Å². The number of benzene rings is 1. The maximum Gasteiger partial charge on any atom is 0.229 e. The highest BCUT2D eigenvalue weighted by molar-refractivity contribution is 7.90. The van der Waals surface area contributed by atoms with E-state index in [1.165, 1.54) is 17.0 Å². The molecule has 18 heavy (non-hydrogen) atoms. The number of hydrogen-bond donors (Lipinski definition) is 1. The number of hydrogen-bond acceptors (Lipinski definition) is 4. The minimum atomic E-state index is -3.30. The zero-order chi connectivity index (χ0) is 13.5. The largest absolute Gasteiger partial charge is 0.391 e. The number of aliphatic hydroxyl groups is 1. The molecule has 1 aromatic rings. The molecule has 0 spiro atoms. The van der Waals surface area contributed by atoms with Crippen molar-refractivity contribution in [1.82, 2.24) is 0 Å². The van der Waals surface area contributed by atoms with Crippen molar-refractivity contribution in [2.75, 3.05) is 17.7 Å². The zero-order valence-corrected chi connectivity index (χ0v) is 11.1. The Hall–Kier alpha value is -1.40. The maximum absolute atomic E-state index is 11.7. The van der Waals surface area contributed by atoms with Crippen LogP contribution in [0.2, 0.25) is 0 Å². The van der Waals surface area contributed by atoms with Gasteiger partial charge in [0.15, 0.2) is 9.84 Å². The molecule has 0 bridgehead atoms. The summed E-state index contributed by atoms with van der Waals surface area (Å²) in [5, 5.41) is 9.47. The van der Waals surface area contributed by atoms with Crippen molar-refractivity contribution in [3.63, 3.8) is 0 Å². The molecule has 0 saturated carbocycles. The highest BCUT2D eigenvalue weighted by Gasteiger charge is 2.30. The molecule has 1 saturated heterocycles. The molecular formula is C12H15NO4S. The van der Waals surface area contributed by atoms with Gasteiger partial charge in [-0.25, -0.2) is 8.42 Å². The molecule has 2 rings (SSSR count). The first-order chi connectivity index (χ1) is 8.29. The smallest absolute Gasteiger partial charge is 0.229 e. The number of carbonyl (C=O) groups is 1. The van der Waals surface area contributed by atoms with Gasteiger partial charge < -0.3 is 10.0 Å². The number of rotatable bonds is 2. The molecule has 98 valence electrons. The molecule has 1 N–H and O–H groups in total. The van der Waals surface area contributed by atoms with Crippen LogP contribution in [0.15, 0.2) is 23.1 Å². The van der Waals surface area contributed by atoms with E-state index in [0.717, 1.165) is 11.8 Å². The van der Waals surface area contributed by atoms with E-state index in [0.29, 0.717) is 5.69 Å². The Balaban J connectivity index is 2.48. The van der Waals surface area contributed by atoms with Crippen LogP contribution >= 0.6 is 0 Å². The van der Waals surface area contributed by atoms with Crippen molar-refractivity contribution in [3.05, 3.63) is 23.8 Å². The minimum Gasteiger partial charge on any atom is -0.391 e. The van der Waals surface area contributed by atoms with Crippen LogP contribution in [0.5, 0.6) is 0 Å². The summed E-state index contributed by atoms with van der Waals surface area (Å²) in [5.41, 5.74) is 1.37. The number of nitrogens with zero attached hydrogens (tertiary/aromatic N) is 1. The first kappa shape index (κ1) is 13.0. The first-order valence-corrected chi connectivity index (χ1v) is 7.47. The first-order valence-electron chi connectivity index (χ1n) is 5.58. The van der Waals surface area contributed by atoms with Crippen LogP contribution in [0.3, 0.4) is 0 Å². The molecule has 0 aliphatic carbocycles. The van der Waals surface area contributed by atoms with Gasteiger partial charge in [0.2, 0.25) is 5.91 Å². The molecule has 5 nitrogen and oxygen atoms in total. The van der Waals surface area contributed by atoms with Gasteiger partial charge in [0.05, 0.1) is 24.0 Å². The summed E-state index contributed by atoms with van der Waals surface area (Å²) in [6, 6.07) is 4.68. The van der Waals surface area contributed by atoms with E-state index in [4.69, 9.17) is 0 Å². The highest BCUT2D eigenvalue weighted by atomic mass is 32.2. The molecule has 0 radical (unpaired) electrons. The van der Waals surface area contributed by atoms with Crippen LogP contribution in [0, 0.1) is 6.92 Å². The summed E-state index contributed by atoms with van der Waals surface area (Å²) in [4.78, 5) is 13.3. The minimum absolute atomic E-state index is 0.0859. The molecule has 0 aromatic heterocycles. The van der Waals surface area contributed by atoms with Gasteiger partial charge in [-0.05, 0) is 24.6 Å². The summed E-state index contributed by atoms with van der Waals surface area (Å²) in [6.45, 7) is 2.02. The van der Waals surface area contributed by atoms with E-state index in [-0.39, 0.29) is 23.8 Å². The normalized spacial score (nSPS) is 20.5. The van der Waals surface area contributed by atoms with Crippen LogP contribution in [-0.4, -0.2) is 38.3 Å². The van der Waals surface area contributed by atoms with Crippen LogP contribution < -0.4 is 4.90 Å². The fourth-order valence-corrected chi connectivity index (χ4v) is 2.67. The van der Waals surface area contributed by atoms with Gasteiger partial charge in [-0.2, -0.15) is 0 Å². The van der Waals surface area contributed by atoms with Crippen molar-refractivity contribution < 1.29 is 18.3 Å². The summed E-state index contributed by atoms with van der Waals surface area (Å²) in [7, 11) is -3.30. The average molecular weight is 269 g/mol. The lowest BCUT2D eigenvalue weighted by Crippen LogP contribution is -2.26. The molecule has 1 aliphatic rings. The SMILES string of the molecule is Cc1ccc(S(C)(=O)=O)cc1N1CC(O)CC1=O. The fourth-order valence-electron chi connectivity index (χ4n) is 2.03. The number of aryl methyl sites for hydroxylation is 1. The van der Waals surface area contributed by atoms with Gasteiger partial charge in [0.25, 0.3) is 0 Å². The van der Waals surface area contributed by atoms with Gasteiger partial charge in [0, 0.05) is 11.9 Å². The Bertz CT molecular complexity index is 594. The second-order valence-electron chi connectivity index (χ2n) is 4.58. The standard InChI is InChI=1S/C12H15NO4S/c1-8-3-4-10(18(2,16)17)6-11(8)13-7-9(14)5-12(13)15/h3-4,6,9,14H,5,7H2,1-2H3. The third-order valence-electron chi connectivity index (χ3n) is 3.00. The molecule has 1 atom stereocenters. The lowest BCUT2D eigenvalue weighted by Gasteiger charge is -2.19. The number of carbonyl (C=O) groups excluding carboxylic acids is 1. The summed E-state index contributed by atoms with van der Waals surface area (Å²) >= 11 is 0. The number of aliphatic hydroxyl groups excluding tert-OH is 1. The summed E-state index contributed by atoms with van der Waals surface area (Å²) in [6.07, 6.45) is 0.531. The average Bonchev–Trinajstić information content (AvgIpc) is 2.56. The Morgan fingerprint density at radius 2 is 2.06 bits per heavy atom. The van der Waals surface area contributed by atoms with E-state index in [2.05, 4.69) is 0 Å². The van der Waals surface area contributed by atoms with Gasteiger partial charge >= 0.3 is 0 Å². The Morgan fingerprint density at radius 1 is 1.39 bits per heavy atom. The number of anilines is 1. The van der Waals surface area contributed by atoms with Crippen LogP contribution in [0.25, 0.3) is 0 Å². The fraction of sp³-hybridized carbons (Fsp3) is 0.417. The highest BCUT2D eigenvalue weighted by Crippen LogP contribution is 2.27. The maximum atomic E-state index is 11.7.